The summed E-state index contributed by atoms with van der Waals surface area (Å²) in [5.41, 5.74) is 1.06. The number of nitrogens with zero attached hydrogens (tertiary/aromatic N) is 1. The minimum absolute atomic E-state index is 0.0285. The number of nitrogens with one attached hydrogen (secondary N) is 1. The smallest absolute Gasteiger partial charge is 0.224 e. The van der Waals surface area contributed by atoms with E-state index in [-0.39, 0.29) is 17.9 Å². The molecule has 6 heteroatoms. The van der Waals surface area contributed by atoms with Gasteiger partial charge in [-0.15, -0.1) is 0 Å². The fourth-order valence-electron chi connectivity index (χ4n) is 2.67. The van der Waals surface area contributed by atoms with Gasteiger partial charge in [0.15, 0.2) is 0 Å². The van der Waals surface area contributed by atoms with Crippen molar-refractivity contribution in [3.63, 3.8) is 0 Å². The Morgan fingerprint density at radius 2 is 2.22 bits per heavy atom. The van der Waals surface area contributed by atoms with Gasteiger partial charge in [0.25, 0.3) is 0 Å². The maximum Gasteiger partial charge on any atom is 0.224 e. The van der Waals surface area contributed by atoms with E-state index in [4.69, 9.17) is 9.47 Å². The molecule has 0 bridgehead atoms. The molecule has 2 rings (SSSR count). The fraction of sp³-hybridized carbons (Fsp3) is 0.529. The first-order valence-electron chi connectivity index (χ1n) is 7.81. The number of amides is 2. The van der Waals surface area contributed by atoms with E-state index in [1.165, 1.54) is 0 Å². The number of aryl methyl sites for hydroxylation is 1. The zero-order valence-corrected chi connectivity index (χ0v) is 13.7. The van der Waals surface area contributed by atoms with E-state index in [2.05, 4.69) is 5.32 Å². The van der Waals surface area contributed by atoms with Gasteiger partial charge in [-0.3, -0.25) is 9.59 Å². The lowest BCUT2D eigenvalue weighted by atomic mass is 10.1. The van der Waals surface area contributed by atoms with Crippen LogP contribution >= 0.6 is 0 Å². The third-order valence-corrected chi connectivity index (χ3v) is 3.92. The van der Waals surface area contributed by atoms with Crippen molar-refractivity contribution in [2.75, 3.05) is 33.9 Å². The van der Waals surface area contributed by atoms with Gasteiger partial charge in [-0.25, -0.2) is 0 Å². The van der Waals surface area contributed by atoms with Crippen LogP contribution in [0.1, 0.15) is 18.4 Å². The lowest BCUT2D eigenvalue weighted by molar-refractivity contribution is -0.128. The van der Waals surface area contributed by atoms with Gasteiger partial charge in [-0.2, -0.15) is 0 Å². The molecule has 0 unspecified atom stereocenters. The number of benzene rings is 1. The summed E-state index contributed by atoms with van der Waals surface area (Å²) < 4.78 is 10.2. The molecule has 1 heterocycles. The summed E-state index contributed by atoms with van der Waals surface area (Å²) in [7, 11) is 3.23. The number of carbonyl (C=O) groups is 2. The van der Waals surface area contributed by atoms with Gasteiger partial charge in [0, 0.05) is 33.0 Å². The van der Waals surface area contributed by atoms with Crippen LogP contribution in [0.3, 0.4) is 0 Å². The van der Waals surface area contributed by atoms with Crippen molar-refractivity contribution in [1.29, 1.82) is 0 Å². The van der Waals surface area contributed by atoms with Gasteiger partial charge in [0.05, 0.1) is 19.8 Å². The van der Waals surface area contributed by atoms with Crippen LogP contribution in [-0.2, 0) is 20.7 Å². The molecule has 0 spiro atoms. The van der Waals surface area contributed by atoms with Gasteiger partial charge in [0.1, 0.15) is 5.75 Å². The standard InChI is InChI=1S/C17H24N2O4/c1-22-9-8-19-12-14(11-17(19)21)18-16(20)7-6-13-4-3-5-15(10-13)23-2/h3-5,10,14H,6-9,11-12H2,1-2H3,(H,18,20)/t14-/m1/s1. The zero-order chi connectivity index (χ0) is 16.7. The summed E-state index contributed by atoms with van der Waals surface area (Å²) in [6.07, 6.45) is 1.42. The first-order valence-corrected chi connectivity index (χ1v) is 7.81. The Morgan fingerprint density at radius 1 is 1.39 bits per heavy atom. The van der Waals surface area contributed by atoms with Gasteiger partial charge in [0.2, 0.25) is 11.8 Å². The number of methoxy groups -OCH3 is 2. The monoisotopic (exact) mass is 320 g/mol. The molecule has 1 aliphatic heterocycles. The molecule has 1 saturated heterocycles. The molecule has 1 aromatic rings. The van der Waals surface area contributed by atoms with Crippen molar-refractivity contribution in [2.45, 2.75) is 25.3 Å². The van der Waals surface area contributed by atoms with E-state index in [9.17, 15) is 9.59 Å². The van der Waals surface area contributed by atoms with Gasteiger partial charge < -0.3 is 19.7 Å². The topological polar surface area (TPSA) is 67.9 Å². The number of likely N-dealkylation sites (tertiary alicyclic amines) is 1. The molecule has 0 aliphatic carbocycles. The summed E-state index contributed by atoms with van der Waals surface area (Å²) >= 11 is 0. The van der Waals surface area contributed by atoms with Crippen LogP contribution in [0.5, 0.6) is 5.75 Å². The summed E-state index contributed by atoms with van der Waals surface area (Å²) in [5, 5.41) is 2.94. The SMILES string of the molecule is COCCN1C[C@H](NC(=O)CCc2cccc(OC)c2)CC1=O. The molecule has 6 nitrogen and oxygen atoms in total. The van der Waals surface area contributed by atoms with E-state index in [0.717, 1.165) is 11.3 Å². The Labute approximate surface area is 136 Å². The van der Waals surface area contributed by atoms with Crippen LogP contribution in [0.25, 0.3) is 0 Å². The second-order valence-corrected chi connectivity index (χ2v) is 5.65. The molecule has 0 saturated carbocycles. The van der Waals surface area contributed by atoms with E-state index in [1.54, 1.807) is 19.1 Å². The number of hydrogen-bond donors (Lipinski definition) is 1. The molecule has 1 aliphatic rings. The largest absolute Gasteiger partial charge is 0.497 e. The third-order valence-electron chi connectivity index (χ3n) is 3.92. The Bertz CT molecular complexity index is 547. The summed E-state index contributed by atoms with van der Waals surface area (Å²) in [6.45, 7) is 1.65. The Hall–Kier alpha value is -2.08. The van der Waals surface area contributed by atoms with E-state index in [1.807, 2.05) is 24.3 Å². The molecule has 0 radical (unpaired) electrons. The normalized spacial score (nSPS) is 17.4. The van der Waals surface area contributed by atoms with Crippen molar-refractivity contribution in [3.05, 3.63) is 29.8 Å². The predicted octanol–water partition coefficient (Wildman–Crippen LogP) is 0.991. The molecule has 1 N–H and O–H groups in total. The highest BCUT2D eigenvalue weighted by atomic mass is 16.5. The average molecular weight is 320 g/mol. The van der Waals surface area contributed by atoms with Crippen LogP contribution in [0.2, 0.25) is 0 Å². The molecule has 2 amide bonds. The first-order chi connectivity index (χ1) is 11.1. The fourth-order valence-corrected chi connectivity index (χ4v) is 2.67. The molecular formula is C17H24N2O4. The first kappa shape index (κ1) is 17.3. The van der Waals surface area contributed by atoms with Crippen molar-refractivity contribution in [3.8, 4) is 5.75 Å². The predicted molar refractivity (Wildman–Crippen MR) is 86.3 cm³/mol. The van der Waals surface area contributed by atoms with E-state index >= 15 is 0 Å². The van der Waals surface area contributed by atoms with Crippen LogP contribution in [-0.4, -0.2) is 56.7 Å². The molecule has 1 atom stereocenters. The third kappa shape index (κ3) is 5.25. The molecular weight excluding hydrogens is 296 g/mol. The number of hydrogen-bond acceptors (Lipinski definition) is 4. The van der Waals surface area contributed by atoms with Crippen LogP contribution in [0, 0.1) is 0 Å². The quantitative estimate of drug-likeness (QED) is 0.776. The zero-order valence-electron chi connectivity index (χ0n) is 13.7. The van der Waals surface area contributed by atoms with Crippen LogP contribution < -0.4 is 10.1 Å². The maximum atomic E-state index is 12.1. The lowest BCUT2D eigenvalue weighted by Crippen LogP contribution is -2.37. The lowest BCUT2D eigenvalue weighted by Gasteiger charge is -2.16. The molecule has 23 heavy (non-hydrogen) atoms. The average Bonchev–Trinajstić information content (AvgIpc) is 2.90. The Morgan fingerprint density at radius 3 is 2.96 bits per heavy atom. The molecule has 126 valence electrons. The number of rotatable bonds is 8. The van der Waals surface area contributed by atoms with Crippen molar-refractivity contribution >= 4 is 11.8 Å². The van der Waals surface area contributed by atoms with E-state index in [0.29, 0.717) is 39.0 Å². The minimum Gasteiger partial charge on any atom is -0.497 e. The van der Waals surface area contributed by atoms with Gasteiger partial charge in [-0.05, 0) is 24.1 Å². The Balaban J connectivity index is 1.75. The minimum atomic E-state index is -0.0998. The maximum absolute atomic E-state index is 12.1. The number of carbonyl (C=O) groups excluding carboxylic acids is 2. The highest BCUT2D eigenvalue weighted by Gasteiger charge is 2.29. The highest BCUT2D eigenvalue weighted by Crippen LogP contribution is 2.14. The summed E-state index contributed by atoms with van der Waals surface area (Å²) in [6, 6.07) is 7.59. The van der Waals surface area contributed by atoms with E-state index < -0.39 is 0 Å². The van der Waals surface area contributed by atoms with Gasteiger partial charge >= 0.3 is 0 Å². The van der Waals surface area contributed by atoms with Crippen molar-refractivity contribution in [2.24, 2.45) is 0 Å². The number of ether oxygens (including phenoxy) is 2. The summed E-state index contributed by atoms with van der Waals surface area (Å²) in [4.78, 5) is 25.6. The highest BCUT2D eigenvalue weighted by molar-refractivity contribution is 5.82. The second kappa shape index (κ2) is 8.53. The molecule has 1 fully saturated rings. The van der Waals surface area contributed by atoms with Crippen molar-refractivity contribution in [1.82, 2.24) is 10.2 Å². The second-order valence-electron chi connectivity index (χ2n) is 5.65. The van der Waals surface area contributed by atoms with Crippen LogP contribution in [0.4, 0.5) is 0 Å². The Kier molecular flexibility index (Phi) is 6.40. The van der Waals surface area contributed by atoms with Gasteiger partial charge in [-0.1, -0.05) is 12.1 Å². The molecule has 1 aromatic carbocycles. The van der Waals surface area contributed by atoms with Crippen LogP contribution in [0.15, 0.2) is 24.3 Å². The van der Waals surface area contributed by atoms with Crippen molar-refractivity contribution < 1.29 is 19.1 Å². The molecule has 0 aromatic heterocycles. The summed E-state index contributed by atoms with van der Waals surface area (Å²) in [5.74, 6) is 0.831.